The van der Waals surface area contributed by atoms with Crippen molar-refractivity contribution < 1.29 is 14.6 Å². The fourth-order valence-electron chi connectivity index (χ4n) is 3.58. The Kier molecular flexibility index (Phi) is 1.64. The SMILES string of the molecule is O=C(O)C1CC2CC1C1OC=CCC21. The first-order valence-electron chi connectivity index (χ1n) is 5.30. The molecule has 2 aliphatic carbocycles. The largest absolute Gasteiger partial charge is 0.498 e. The molecule has 0 amide bonds. The second kappa shape index (κ2) is 2.75. The van der Waals surface area contributed by atoms with Crippen molar-refractivity contribution in [1.82, 2.24) is 0 Å². The molecule has 76 valence electrons. The first-order chi connectivity index (χ1) is 6.77. The highest BCUT2D eigenvalue weighted by Gasteiger charge is 2.55. The van der Waals surface area contributed by atoms with Gasteiger partial charge in [0.1, 0.15) is 6.10 Å². The summed E-state index contributed by atoms with van der Waals surface area (Å²) >= 11 is 0. The van der Waals surface area contributed by atoms with Crippen LogP contribution in [0.15, 0.2) is 12.3 Å². The molecule has 5 unspecified atom stereocenters. The zero-order valence-corrected chi connectivity index (χ0v) is 7.93. The molecule has 0 radical (unpaired) electrons. The Morgan fingerprint density at radius 2 is 2.21 bits per heavy atom. The smallest absolute Gasteiger partial charge is 0.306 e. The Morgan fingerprint density at radius 3 is 3.00 bits per heavy atom. The molecule has 14 heavy (non-hydrogen) atoms. The number of fused-ring (bicyclic) bond motifs is 5. The quantitative estimate of drug-likeness (QED) is 0.690. The molecule has 1 heterocycles. The molecule has 2 fully saturated rings. The van der Waals surface area contributed by atoms with Crippen molar-refractivity contribution in [2.75, 3.05) is 0 Å². The highest BCUT2D eigenvalue weighted by Crippen LogP contribution is 2.55. The van der Waals surface area contributed by atoms with Gasteiger partial charge < -0.3 is 9.84 Å². The molecule has 1 N–H and O–H groups in total. The number of carbonyl (C=O) groups is 1. The van der Waals surface area contributed by atoms with Crippen molar-refractivity contribution in [2.45, 2.75) is 25.4 Å². The monoisotopic (exact) mass is 194 g/mol. The molecule has 3 heteroatoms. The minimum atomic E-state index is -0.630. The molecule has 3 nitrogen and oxygen atoms in total. The van der Waals surface area contributed by atoms with Gasteiger partial charge in [-0.25, -0.2) is 0 Å². The fourth-order valence-corrected chi connectivity index (χ4v) is 3.58. The van der Waals surface area contributed by atoms with Crippen molar-refractivity contribution in [3.63, 3.8) is 0 Å². The lowest BCUT2D eigenvalue weighted by Crippen LogP contribution is -2.38. The van der Waals surface area contributed by atoms with Gasteiger partial charge in [0.05, 0.1) is 12.2 Å². The summed E-state index contributed by atoms with van der Waals surface area (Å²) in [6.07, 6.45) is 7.03. The van der Waals surface area contributed by atoms with E-state index in [9.17, 15) is 4.79 Å². The first-order valence-corrected chi connectivity index (χ1v) is 5.30. The van der Waals surface area contributed by atoms with E-state index in [0.717, 1.165) is 19.3 Å². The third kappa shape index (κ3) is 0.954. The van der Waals surface area contributed by atoms with Crippen LogP contribution >= 0.6 is 0 Å². The average molecular weight is 194 g/mol. The van der Waals surface area contributed by atoms with E-state index < -0.39 is 5.97 Å². The summed E-state index contributed by atoms with van der Waals surface area (Å²) in [6.45, 7) is 0. The van der Waals surface area contributed by atoms with Gasteiger partial charge in [-0.1, -0.05) is 0 Å². The van der Waals surface area contributed by atoms with E-state index in [2.05, 4.69) is 6.08 Å². The minimum absolute atomic E-state index is 0.146. The normalized spacial score (nSPS) is 48.7. The molecule has 0 aromatic rings. The molecule has 5 atom stereocenters. The molecular weight excluding hydrogens is 180 g/mol. The van der Waals surface area contributed by atoms with E-state index in [1.165, 1.54) is 0 Å². The van der Waals surface area contributed by atoms with Crippen LogP contribution in [-0.2, 0) is 9.53 Å². The third-order valence-corrected chi connectivity index (χ3v) is 4.16. The second-order valence-corrected chi connectivity index (χ2v) is 4.71. The molecule has 3 aliphatic rings. The van der Waals surface area contributed by atoms with E-state index >= 15 is 0 Å². The molecule has 3 rings (SSSR count). The van der Waals surface area contributed by atoms with Gasteiger partial charge in [0.15, 0.2) is 0 Å². The van der Waals surface area contributed by atoms with Crippen LogP contribution in [0.3, 0.4) is 0 Å². The highest BCUT2D eigenvalue weighted by molar-refractivity contribution is 5.71. The zero-order chi connectivity index (χ0) is 9.71. The summed E-state index contributed by atoms with van der Waals surface area (Å²) in [5, 5.41) is 9.05. The summed E-state index contributed by atoms with van der Waals surface area (Å²) in [5.74, 6) is 0.686. The Balaban J connectivity index is 1.86. The maximum atomic E-state index is 11.0. The van der Waals surface area contributed by atoms with Crippen LogP contribution in [0.2, 0.25) is 0 Å². The van der Waals surface area contributed by atoms with Crippen LogP contribution in [0.25, 0.3) is 0 Å². The lowest BCUT2D eigenvalue weighted by atomic mass is 9.78. The molecule has 0 aromatic carbocycles. The number of ether oxygens (including phenoxy) is 1. The molecule has 1 aliphatic heterocycles. The standard InChI is InChI=1S/C11H14O3/c12-11(13)9-5-6-4-8(9)10-7(6)2-1-3-14-10/h1,3,6-10H,2,4-5H2,(H,12,13). The van der Waals surface area contributed by atoms with E-state index in [4.69, 9.17) is 9.84 Å². The van der Waals surface area contributed by atoms with Gasteiger partial charge in [-0.05, 0) is 31.3 Å². The number of aliphatic carboxylic acids is 1. The van der Waals surface area contributed by atoms with Gasteiger partial charge in [-0.2, -0.15) is 0 Å². The molecular formula is C11H14O3. The Labute approximate surface area is 82.8 Å². The van der Waals surface area contributed by atoms with E-state index in [1.807, 2.05) is 0 Å². The van der Waals surface area contributed by atoms with Gasteiger partial charge in [0.25, 0.3) is 0 Å². The van der Waals surface area contributed by atoms with Gasteiger partial charge in [-0.15, -0.1) is 0 Å². The second-order valence-electron chi connectivity index (χ2n) is 4.71. The van der Waals surface area contributed by atoms with E-state index in [0.29, 0.717) is 11.8 Å². The molecule has 0 saturated heterocycles. The zero-order valence-electron chi connectivity index (χ0n) is 7.93. The van der Waals surface area contributed by atoms with Crippen molar-refractivity contribution in [3.8, 4) is 0 Å². The Bertz CT molecular complexity index is 297. The predicted octanol–water partition coefficient (Wildman–Crippen LogP) is 1.65. The summed E-state index contributed by atoms with van der Waals surface area (Å²) in [6, 6.07) is 0. The van der Waals surface area contributed by atoms with Crippen molar-refractivity contribution in [1.29, 1.82) is 0 Å². The van der Waals surface area contributed by atoms with Gasteiger partial charge >= 0.3 is 5.97 Å². The number of carboxylic acid groups (broad SMARTS) is 1. The Hall–Kier alpha value is -0.990. The first kappa shape index (κ1) is 8.33. The summed E-state index contributed by atoms with van der Waals surface area (Å²) in [7, 11) is 0. The number of allylic oxidation sites excluding steroid dienone is 1. The van der Waals surface area contributed by atoms with Crippen LogP contribution in [0, 0.1) is 23.7 Å². The van der Waals surface area contributed by atoms with Crippen LogP contribution in [-0.4, -0.2) is 17.2 Å². The van der Waals surface area contributed by atoms with Crippen LogP contribution in [0.5, 0.6) is 0 Å². The lowest BCUT2D eigenvalue weighted by Gasteiger charge is -2.35. The Morgan fingerprint density at radius 1 is 1.36 bits per heavy atom. The number of carboxylic acids is 1. The number of hydrogen-bond acceptors (Lipinski definition) is 2. The van der Waals surface area contributed by atoms with Crippen molar-refractivity contribution >= 4 is 5.97 Å². The maximum Gasteiger partial charge on any atom is 0.306 e. The van der Waals surface area contributed by atoms with Crippen LogP contribution < -0.4 is 0 Å². The van der Waals surface area contributed by atoms with Gasteiger partial charge in [-0.3, -0.25) is 4.79 Å². The fraction of sp³-hybridized carbons (Fsp3) is 0.727. The molecule has 2 bridgehead atoms. The predicted molar refractivity (Wildman–Crippen MR) is 49.5 cm³/mol. The minimum Gasteiger partial charge on any atom is -0.498 e. The van der Waals surface area contributed by atoms with Gasteiger partial charge in [0, 0.05) is 11.8 Å². The number of hydrogen-bond donors (Lipinski definition) is 1. The topological polar surface area (TPSA) is 46.5 Å². The van der Waals surface area contributed by atoms with Crippen molar-refractivity contribution in [2.24, 2.45) is 23.7 Å². The summed E-state index contributed by atoms with van der Waals surface area (Å²) in [4.78, 5) is 11.0. The summed E-state index contributed by atoms with van der Waals surface area (Å²) < 4.78 is 5.57. The maximum absolute atomic E-state index is 11.0. The highest BCUT2D eigenvalue weighted by atomic mass is 16.5. The van der Waals surface area contributed by atoms with E-state index in [-0.39, 0.29) is 17.9 Å². The molecule has 0 aromatic heterocycles. The van der Waals surface area contributed by atoms with Crippen LogP contribution in [0.4, 0.5) is 0 Å². The van der Waals surface area contributed by atoms with Crippen LogP contribution in [0.1, 0.15) is 19.3 Å². The third-order valence-electron chi connectivity index (χ3n) is 4.16. The molecule has 2 saturated carbocycles. The van der Waals surface area contributed by atoms with Crippen molar-refractivity contribution in [3.05, 3.63) is 12.3 Å². The number of rotatable bonds is 1. The average Bonchev–Trinajstić information content (AvgIpc) is 2.75. The summed E-state index contributed by atoms with van der Waals surface area (Å²) in [5.41, 5.74) is 0. The van der Waals surface area contributed by atoms with Gasteiger partial charge in [0.2, 0.25) is 0 Å². The van der Waals surface area contributed by atoms with E-state index in [1.54, 1.807) is 6.26 Å². The molecule has 0 spiro atoms. The lowest BCUT2D eigenvalue weighted by molar-refractivity contribution is -0.146.